The first-order valence-electron chi connectivity index (χ1n) is 10.9. The molecule has 33 heavy (non-hydrogen) atoms. The van der Waals surface area contributed by atoms with E-state index in [2.05, 4.69) is 48.5 Å². The van der Waals surface area contributed by atoms with Crippen LogP contribution in [-0.4, -0.2) is 36.5 Å². The molecular weight excluding hydrogens is 456 g/mol. The van der Waals surface area contributed by atoms with Crippen molar-refractivity contribution >= 4 is 38.7 Å². The van der Waals surface area contributed by atoms with Crippen LogP contribution in [0.25, 0.3) is 11.2 Å². The molecule has 0 bridgehead atoms. The van der Waals surface area contributed by atoms with E-state index in [1.54, 1.807) is 28.8 Å². The first-order chi connectivity index (χ1) is 15.5. The van der Waals surface area contributed by atoms with E-state index in [-0.39, 0.29) is 10.3 Å². The lowest BCUT2D eigenvalue weighted by molar-refractivity contribution is 0.507. The maximum Gasteiger partial charge on any atom is 0.263 e. The Morgan fingerprint density at radius 1 is 1.09 bits per heavy atom. The summed E-state index contributed by atoms with van der Waals surface area (Å²) >= 11 is 6.43. The molecule has 0 saturated carbocycles. The second-order valence-electron chi connectivity index (χ2n) is 9.36. The van der Waals surface area contributed by atoms with E-state index in [0.29, 0.717) is 16.4 Å². The minimum atomic E-state index is -3.81. The maximum absolute atomic E-state index is 13.1. The smallest absolute Gasteiger partial charge is 0.263 e. The number of rotatable bonds is 5. The molecule has 0 fully saturated rings. The minimum absolute atomic E-state index is 0.0580. The Balaban J connectivity index is 1.71. The van der Waals surface area contributed by atoms with Crippen LogP contribution < -0.4 is 4.72 Å². The molecule has 0 unspecified atom stereocenters. The van der Waals surface area contributed by atoms with E-state index in [4.69, 9.17) is 11.6 Å². The molecule has 4 rings (SSSR count). The Hall–Kier alpha value is -2.77. The number of anilines is 1. The summed E-state index contributed by atoms with van der Waals surface area (Å²) in [6.45, 7) is 9.23. The highest BCUT2D eigenvalue weighted by Gasteiger charge is 2.21. The number of benzene rings is 1. The molecule has 0 atom stereocenters. The van der Waals surface area contributed by atoms with Gasteiger partial charge in [-0.3, -0.25) is 4.72 Å². The molecule has 1 aliphatic rings. The Labute approximate surface area is 200 Å². The Morgan fingerprint density at radius 2 is 1.79 bits per heavy atom. The van der Waals surface area contributed by atoms with Crippen molar-refractivity contribution in [2.24, 2.45) is 0 Å². The Kier molecular flexibility index (Phi) is 6.05. The number of aromatic nitrogens is 2. The number of nitrogens with one attached hydrogen (secondary N) is 1. The van der Waals surface area contributed by atoms with Crippen LogP contribution in [0.5, 0.6) is 0 Å². The second kappa shape index (κ2) is 8.54. The zero-order valence-electron chi connectivity index (χ0n) is 19.6. The maximum atomic E-state index is 13.1. The van der Waals surface area contributed by atoms with Crippen molar-refractivity contribution in [3.05, 3.63) is 76.5 Å². The SMILES string of the molecule is CCC1=CC=C(c2cc3c(Cl)ccc(NS(=O)(=O)c4ccc(C(C)(C)C)cc4)n3n2)N(C)C1. The second-order valence-corrected chi connectivity index (χ2v) is 11.4. The van der Waals surface area contributed by atoms with Crippen molar-refractivity contribution in [1.29, 1.82) is 0 Å². The average molecular weight is 485 g/mol. The number of hydrogen-bond donors (Lipinski definition) is 1. The van der Waals surface area contributed by atoms with Crippen molar-refractivity contribution in [3.8, 4) is 0 Å². The molecule has 0 saturated heterocycles. The quantitative estimate of drug-likeness (QED) is 0.503. The van der Waals surface area contributed by atoms with Crippen LogP contribution in [0.1, 0.15) is 45.4 Å². The molecule has 2 aromatic heterocycles. The molecule has 1 aliphatic heterocycles. The van der Waals surface area contributed by atoms with Crippen LogP contribution in [0, 0.1) is 0 Å². The summed E-state index contributed by atoms with van der Waals surface area (Å²) in [7, 11) is -1.79. The Bertz CT molecular complexity index is 1360. The molecule has 3 heterocycles. The molecule has 174 valence electrons. The summed E-state index contributed by atoms with van der Waals surface area (Å²) in [4.78, 5) is 2.33. The van der Waals surface area contributed by atoms with Gasteiger partial charge in [-0.25, -0.2) is 12.9 Å². The van der Waals surface area contributed by atoms with Gasteiger partial charge in [0.15, 0.2) is 0 Å². The number of halogens is 1. The normalized spacial score (nSPS) is 14.9. The van der Waals surface area contributed by atoms with Crippen molar-refractivity contribution in [3.63, 3.8) is 0 Å². The third-order valence-electron chi connectivity index (χ3n) is 5.88. The summed E-state index contributed by atoms with van der Waals surface area (Å²) in [5.74, 6) is 0.324. The molecule has 1 aromatic carbocycles. The largest absolute Gasteiger partial charge is 0.369 e. The highest BCUT2D eigenvalue weighted by Crippen LogP contribution is 2.30. The predicted octanol–water partition coefficient (Wildman–Crippen LogP) is 5.71. The molecule has 0 amide bonds. The van der Waals surface area contributed by atoms with Gasteiger partial charge < -0.3 is 4.90 Å². The van der Waals surface area contributed by atoms with Crippen LogP contribution in [0.2, 0.25) is 5.02 Å². The lowest BCUT2D eigenvalue weighted by Gasteiger charge is -2.25. The van der Waals surface area contributed by atoms with E-state index in [1.807, 2.05) is 31.3 Å². The van der Waals surface area contributed by atoms with Crippen molar-refractivity contribution in [2.75, 3.05) is 18.3 Å². The predicted molar refractivity (Wildman–Crippen MR) is 135 cm³/mol. The zero-order chi connectivity index (χ0) is 24.0. The number of likely N-dealkylation sites (N-methyl/N-ethyl adjacent to an activating group) is 1. The number of fused-ring (bicyclic) bond motifs is 1. The fourth-order valence-corrected chi connectivity index (χ4v) is 5.09. The lowest BCUT2D eigenvalue weighted by Crippen LogP contribution is -2.22. The van der Waals surface area contributed by atoms with Gasteiger partial charge in [0.25, 0.3) is 10.0 Å². The number of hydrogen-bond acceptors (Lipinski definition) is 4. The van der Waals surface area contributed by atoms with Crippen LogP contribution in [0.3, 0.4) is 0 Å². The summed E-state index contributed by atoms with van der Waals surface area (Å²) in [6, 6.07) is 12.1. The van der Waals surface area contributed by atoms with Crippen LogP contribution >= 0.6 is 11.6 Å². The van der Waals surface area contributed by atoms with Gasteiger partial charge >= 0.3 is 0 Å². The number of sulfonamides is 1. The third-order valence-corrected chi connectivity index (χ3v) is 7.57. The molecule has 0 spiro atoms. The van der Waals surface area contributed by atoms with Crippen LogP contribution in [0.4, 0.5) is 5.82 Å². The zero-order valence-corrected chi connectivity index (χ0v) is 21.1. The van der Waals surface area contributed by atoms with Crippen molar-refractivity contribution in [1.82, 2.24) is 14.5 Å². The third kappa shape index (κ3) is 4.66. The van der Waals surface area contributed by atoms with Gasteiger partial charge in [0, 0.05) is 13.6 Å². The van der Waals surface area contributed by atoms with Gasteiger partial charge in [-0.1, -0.05) is 63.1 Å². The fraction of sp³-hybridized carbons (Fsp3) is 0.320. The monoisotopic (exact) mass is 484 g/mol. The summed E-state index contributed by atoms with van der Waals surface area (Å²) in [5.41, 5.74) is 4.67. The topological polar surface area (TPSA) is 66.7 Å². The van der Waals surface area contributed by atoms with Gasteiger partial charge in [0.2, 0.25) is 0 Å². The molecule has 3 aromatic rings. The molecule has 0 aliphatic carbocycles. The summed E-state index contributed by atoms with van der Waals surface area (Å²) in [6.07, 6.45) is 5.15. The molecule has 1 N–H and O–H groups in total. The van der Waals surface area contributed by atoms with E-state index >= 15 is 0 Å². The van der Waals surface area contributed by atoms with E-state index in [0.717, 1.165) is 29.9 Å². The van der Waals surface area contributed by atoms with Gasteiger partial charge in [-0.05, 0) is 53.8 Å². The minimum Gasteiger partial charge on any atom is -0.369 e. The average Bonchev–Trinajstić information content (AvgIpc) is 3.21. The highest BCUT2D eigenvalue weighted by atomic mass is 35.5. The number of allylic oxidation sites excluding steroid dienone is 2. The van der Waals surface area contributed by atoms with Crippen molar-refractivity contribution < 1.29 is 8.42 Å². The Morgan fingerprint density at radius 3 is 2.39 bits per heavy atom. The number of nitrogens with zero attached hydrogens (tertiary/aromatic N) is 3. The molecule has 0 radical (unpaired) electrons. The van der Waals surface area contributed by atoms with Crippen molar-refractivity contribution in [2.45, 2.75) is 44.4 Å². The number of pyridine rings is 1. The first kappa shape index (κ1) is 23.4. The molecule has 6 nitrogen and oxygen atoms in total. The summed E-state index contributed by atoms with van der Waals surface area (Å²) < 4.78 is 30.4. The van der Waals surface area contributed by atoms with E-state index < -0.39 is 10.0 Å². The van der Waals surface area contributed by atoms with Gasteiger partial charge in [0.05, 0.1) is 21.1 Å². The van der Waals surface area contributed by atoms with Gasteiger partial charge in [-0.2, -0.15) is 5.10 Å². The van der Waals surface area contributed by atoms with Crippen LogP contribution in [0.15, 0.2) is 65.1 Å². The fourth-order valence-electron chi connectivity index (χ4n) is 3.85. The van der Waals surface area contributed by atoms with Crippen LogP contribution in [-0.2, 0) is 15.4 Å². The van der Waals surface area contributed by atoms with Gasteiger partial charge in [0.1, 0.15) is 11.5 Å². The lowest BCUT2D eigenvalue weighted by atomic mass is 9.87. The molecular formula is C25H29ClN4O2S. The van der Waals surface area contributed by atoms with E-state index in [9.17, 15) is 8.42 Å². The standard InChI is InChI=1S/C25H29ClN4O2S/c1-6-17-7-13-22(29(5)16-17)21-15-23-20(26)12-14-24(30(23)27-21)28-33(31,32)19-10-8-18(9-11-19)25(2,3)4/h7-15,28H,6,16H2,1-5H3. The van der Waals surface area contributed by atoms with Gasteiger partial charge in [-0.15, -0.1) is 0 Å². The highest BCUT2D eigenvalue weighted by molar-refractivity contribution is 7.92. The molecule has 8 heteroatoms. The van der Waals surface area contributed by atoms with E-state index in [1.165, 1.54) is 5.57 Å². The summed E-state index contributed by atoms with van der Waals surface area (Å²) in [5, 5.41) is 5.18. The first-order valence-corrected chi connectivity index (χ1v) is 12.8.